The number of sulfone groups is 1. The number of benzene rings is 2. The predicted molar refractivity (Wildman–Crippen MR) is 113 cm³/mol. The van der Waals surface area contributed by atoms with Gasteiger partial charge in [0, 0.05) is 24.7 Å². The van der Waals surface area contributed by atoms with Crippen LogP contribution in [0.4, 0.5) is 18.9 Å². The molecule has 2 aromatic carbocycles. The first-order valence-electron chi connectivity index (χ1n) is 10.0. The number of hydrogen-bond donors (Lipinski definition) is 0. The van der Waals surface area contributed by atoms with Crippen LogP contribution in [0.2, 0.25) is 0 Å². The summed E-state index contributed by atoms with van der Waals surface area (Å²) in [6.45, 7) is 3.48. The number of ether oxygens (including phenoxy) is 2. The third kappa shape index (κ3) is 4.51. The van der Waals surface area contributed by atoms with Crippen molar-refractivity contribution >= 4 is 26.4 Å². The maximum atomic E-state index is 13.5. The highest BCUT2D eigenvalue weighted by atomic mass is 32.2. The van der Waals surface area contributed by atoms with Crippen LogP contribution in [0.15, 0.2) is 58.5 Å². The van der Waals surface area contributed by atoms with Gasteiger partial charge in [-0.3, -0.25) is 4.98 Å². The molecule has 1 fully saturated rings. The zero-order valence-electron chi connectivity index (χ0n) is 17.2. The van der Waals surface area contributed by atoms with Crippen LogP contribution >= 0.6 is 0 Å². The van der Waals surface area contributed by atoms with Crippen LogP contribution in [0.1, 0.15) is 12.5 Å². The van der Waals surface area contributed by atoms with Crippen molar-refractivity contribution in [3.8, 4) is 5.75 Å². The van der Waals surface area contributed by atoms with E-state index in [1.54, 1.807) is 17.0 Å². The Morgan fingerprint density at radius 3 is 2.41 bits per heavy atom. The van der Waals surface area contributed by atoms with E-state index in [0.717, 1.165) is 18.1 Å². The van der Waals surface area contributed by atoms with E-state index >= 15 is 0 Å². The molecule has 1 aliphatic heterocycles. The van der Waals surface area contributed by atoms with Gasteiger partial charge in [-0.05, 0) is 42.3 Å². The molecule has 0 saturated carbocycles. The maximum absolute atomic E-state index is 13.5. The third-order valence-electron chi connectivity index (χ3n) is 5.27. The molecule has 0 N–H and O–H groups in total. The molecule has 0 aliphatic carbocycles. The molecular formula is C22H21F3N2O4S. The van der Waals surface area contributed by atoms with Crippen molar-refractivity contribution in [2.24, 2.45) is 0 Å². The Balaban J connectivity index is 1.92. The molecule has 0 bridgehead atoms. The number of halogens is 3. The van der Waals surface area contributed by atoms with Crippen molar-refractivity contribution in [2.45, 2.75) is 29.5 Å². The summed E-state index contributed by atoms with van der Waals surface area (Å²) in [5.74, 6) is -0.442. The Hall–Kier alpha value is -2.85. The van der Waals surface area contributed by atoms with Gasteiger partial charge in [0.1, 0.15) is 10.6 Å². The largest absolute Gasteiger partial charge is 0.573 e. The van der Waals surface area contributed by atoms with Crippen LogP contribution in [0.25, 0.3) is 10.9 Å². The summed E-state index contributed by atoms with van der Waals surface area (Å²) in [5, 5.41) is 0.264. The minimum absolute atomic E-state index is 0.0692. The molecule has 1 saturated heterocycles. The average molecular weight is 466 g/mol. The maximum Gasteiger partial charge on any atom is 0.573 e. The third-order valence-corrected chi connectivity index (χ3v) is 7.04. The number of rotatable bonds is 5. The van der Waals surface area contributed by atoms with Crippen molar-refractivity contribution in [1.29, 1.82) is 0 Å². The highest BCUT2D eigenvalue weighted by molar-refractivity contribution is 7.91. The molecule has 3 aromatic rings. The zero-order chi connectivity index (χ0) is 22.9. The highest BCUT2D eigenvalue weighted by Crippen LogP contribution is 2.38. The summed E-state index contributed by atoms with van der Waals surface area (Å²) >= 11 is 0. The second-order valence-electron chi connectivity index (χ2n) is 7.30. The molecule has 1 aliphatic rings. The molecule has 10 heteroatoms. The monoisotopic (exact) mass is 466 g/mol. The number of nitrogens with zero attached hydrogens (tertiary/aromatic N) is 2. The van der Waals surface area contributed by atoms with Gasteiger partial charge < -0.3 is 14.4 Å². The summed E-state index contributed by atoms with van der Waals surface area (Å²) in [6, 6.07) is 10.3. The first-order chi connectivity index (χ1) is 15.2. The van der Waals surface area contributed by atoms with Gasteiger partial charge in [-0.25, -0.2) is 8.42 Å². The topological polar surface area (TPSA) is 68.7 Å². The van der Waals surface area contributed by atoms with Crippen molar-refractivity contribution in [3.63, 3.8) is 0 Å². The molecule has 0 spiro atoms. The number of hydrogen-bond acceptors (Lipinski definition) is 6. The van der Waals surface area contributed by atoms with Crippen molar-refractivity contribution in [3.05, 3.63) is 54.2 Å². The van der Waals surface area contributed by atoms with Crippen LogP contribution in [-0.4, -0.2) is 46.1 Å². The van der Waals surface area contributed by atoms with Crippen LogP contribution < -0.4 is 9.64 Å². The molecule has 0 amide bonds. The summed E-state index contributed by atoms with van der Waals surface area (Å²) in [4.78, 5) is 6.05. The van der Waals surface area contributed by atoms with Gasteiger partial charge in [0.25, 0.3) is 0 Å². The Kier molecular flexibility index (Phi) is 6.00. The van der Waals surface area contributed by atoms with E-state index < -0.39 is 21.9 Å². The lowest BCUT2D eigenvalue weighted by Gasteiger charge is -2.31. The minimum Gasteiger partial charge on any atom is -0.406 e. The zero-order valence-corrected chi connectivity index (χ0v) is 18.0. The standard InChI is InChI=1S/C22H21F3N2O4S/c1-2-15-3-6-17(7-4-15)32(28,29)20-14-26-19-8-5-16(31-22(23,24)25)13-18(19)21(20)27-9-11-30-12-10-27/h3-8,13-14H,2,9-12H2,1H3. The van der Waals surface area contributed by atoms with Crippen LogP contribution in [0, 0.1) is 0 Å². The van der Waals surface area contributed by atoms with Crippen LogP contribution in [0.3, 0.4) is 0 Å². The Bertz CT molecular complexity index is 1220. The second kappa shape index (κ2) is 8.59. The summed E-state index contributed by atoms with van der Waals surface area (Å²) in [7, 11) is -3.99. The number of aryl methyl sites for hydroxylation is 1. The van der Waals surface area contributed by atoms with Gasteiger partial charge in [0.15, 0.2) is 0 Å². The molecule has 170 valence electrons. The fourth-order valence-corrected chi connectivity index (χ4v) is 5.11. The van der Waals surface area contributed by atoms with E-state index in [4.69, 9.17) is 4.74 Å². The molecule has 0 radical (unpaired) electrons. The lowest BCUT2D eigenvalue weighted by atomic mass is 10.1. The predicted octanol–water partition coefficient (Wildman–Crippen LogP) is 4.37. The normalized spacial score (nSPS) is 15.2. The van der Waals surface area contributed by atoms with Gasteiger partial charge in [-0.15, -0.1) is 13.2 Å². The Morgan fingerprint density at radius 2 is 1.78 bits per heavy atom. The van der Waals surface area contributed by atoms with Crippen molar-refractivity contribution in [1.82, 2.24) is 4.98 Å². The molecule has 0 atom stereocenters. The van der Waals surface area contributed by atoms with E-state index in [1.807, 2.05) is 6.92 Å². The molecule has 32 heavy (non-hydrogen) atoms. The summed E-state index contributed by atoms with van der Waals surface area (Å²) in [6.07, 6.45) is -2.84. The fraction of sp³-hybridized carbons (Fsp3) is 0.318. The fourth-order valence-electron chi connectivity index (χ4n) is 3.68. The molecule has 2 heterocycles. The van der Waals surface area contributed by atoms with E-state index in [2.05, 4.69) is 9.72 Å². The molecule has 6 nitrogen and oxygen atoms in total. The van der Waals surface area contributed by atoms with E-state index in [1.165, 1.54) is 30.5 Å². The van der Waals surface area contributed by atoms with Gasteiger partial charge in [0.05, 0.1) is 29.3 Å². The smallest absolute Gasteiger partial charge is 0.406 e. The minimum atomic E-state index is -4.87. The van der Waals surface area contributed by atoms with Crippen molar-refractivity contribution in [2.75, 3.05) is 31.2 Å². The van der Waals surface area contributed by atoms with Gasteiger partial charge in [-0.2, -0.15) is 0 Å². The molecular weight excluding hydrogens is 445 g/mol. The lowest BCUT2D eigenvalue weighted by molar-refractivity contribution is -0.274. The molecule has 1 aromatic heterocycles. The highest BCUT2D eigenvalue weighted by Gasteiger charge is 2.32. The average Bonchev–Trinajstić information content (AvgIpc) is 2.77. The van der Waals surface area contributed by atoms with E-state index in [-0.39, 0.29) is 15.2 Å². The Labute approximate surface area is 183 Å². The first-order valence-corrected chi connectivity index (χ1v) is 11.5. The second-order valence-corrected chi connectivity index (χ2v) is 9.22. The number of pyridine rings is 1. The summed E-state index contributed by atoms with van der Waals surface area (Å²) < 4.78 is 74.9. The molecule has 0 unspecified atom stereocenters. The van der Waals surface area contributed by atoms with Crippen LogP contribution in [-0.2, 0) is 21.0 Å². The van der Waals surface area contributed by atoms with E-state index in [0.29, 0.717) is 37.5 Å². The van der Waals surface area contributed by atoms with Crippen molar-refractivity contribution < 1.29 is 31.1 Å². The quantitative estimate of drug-likeness (QED) is 0.557. The number of alkyl halides is 3. The molecule has 4 rings (SSSR count). The number of aromatic nitrogens is 1. The van der Waals surface area contributed by atoms with Gasteiger partial charge >= 0.3 is 6.36 Å². The van der Waals surface area contributed by atoms with E-state index in [9.17, 15) is 21.6 Å². The summed E-state index contributed by atoms with van der Waals surface area (Å²) in [5.41, 5.74) is 1.65. The number of fused-ring (bicyclic) bond motifs is 1. The lowest BCUT2D eigenvalue weighted by Crippen LogP contribution is -2.37. The number of anilines is 1. The number of morpholine rings is 1. The van der Waals surface area contributed by atoms with Gasteiger partial charge in [-0.1, -0.05) is 19.1 Å². The first kappa shape index (κ1) is 22.3. The Morgan fingerprint density at radius 1 is 1.09 bits per heavy atom. The van der Waals surface area contributed by atoms with Gasteiger partial charge in [0.2, 0.25) is 9.84 Å². The SMILES string of the molecule is CCc1ccc(S(=O)(=O)c2cnc3ccc(OC(F)(F)F)cc3c2N2CCOCC2)cc1. The van der Waals surface area contributed by atoms with Crippen LogP contribution in [0.5, 0.6) is 5.75 Å².